The third kappa shape index (κ3) is 2.57. The van der Waals surface area contributed by atoms with Gasteiger partial charge in [-0.25, -0.2) is 4.79 Å². The predicted molar refractivity (Wildman–Crippen MR) is 69.1 cm³/mol. The highest BCUT2D eigenvalue weighted by Crippen LogP contribution is 2.24. The lowest BCUT2D eigenvalue weighted by atomic mass is 10.2. The molecular weight excluding hydrogens is 286 g/mol. The van der Waals surface area contributed by atoms with Crippen LogP contribution in [-0.4, -0.2) is 34.4 Å². The van der Waals surface area contributed by atoms with Gasteiger partial charge in [-0.15, -0.1) is 0 Å². The van der Waals surface area contributed by atoms with Gasteiger partial charge in [-0.1, -0.05) is 0 Å². The Morgan fingerprint density at radius 3 is 2.60 bits per heavy atom. The molecule has 0 amide bonds. The summed E-state index contributed by atoms with van der Waals surface area (Å²) < 4.78 is 27.5. The summed E-state index contributed by atoms with van der Waals surface area (Å²) in [5.41, 5.74) is -0.493. The number of hydrogen-bond donors (Lipinski definition) is 3. The maximum absolute atomic E-state index is 12.1. The first-order valence-electron chi connectivity index (χ1n) is 5.38. The van der Waals surface area contributed by atoms with Gasteiger partial charge in [-0.2, -0.15) is 13.5 Å². The van der Waals surface area contributed by atoms with Crippen molar-refractivity contribution < 1.29 is 23.4 Å². The smallest absolute Gasteiger partial charge is 0.337 e. The van der Waals surface area contributed by atoms with Crippen molar-refractivity contribution in [2.45, 2.75) is 5.03 Å². The molecule has 2 rings (SSSR count). The summed E-state index contributed by atoms with van der Waals surface area (Å²) in [6, 6.07) is 4.60. The number of aromatic nitrogens is 2. The van der Waals surface area contributed by atoms with Gasteiger partial charge in [0.2, 0.25) is 0 Å². The van der Waals surface area contributed by atoms with Crippen LogP contribution in [0.25, 0.3) is 0 Å². The van der Waals surface area contributed by atoms with Crippen molar-refractivity contribution in [1.82, 2.24) is 9.78 Å². The van der Waals surface area contributed by atoms with E-state index >= 15 is 0 Å². The molecule has 20 heavy (non-hydrogen) atoms. The maximum Gasteiger partial charge on any atom is 0.337 e. The van der Waals surface area contributed by atoms with E-state index in [-0.39, 0.29) is 22.0 Å². The molecule has 0 atom stereocenters. The van der Waals surface area contributed by atoms with Crippen molar-refractivity contribution in [3.05, 3.63) is 36.0 Å². The van der Waals surface area contributed by atoms with Crippen LogP contribution in [0, 0.1) is 0 Å². The van der Waals surface area contributed by atoms with Gasteiger partial charge in [0, 0.05) is 7.05 Å². The second-order valence-corrected chi connectivity index (χ2v) is 5.56. The normalized spacial score (nSPS) is 11.2. The Bertz CT molecular complexity index is 766. The molecule has 0 unspecified atom stereocenters. The van der Waals surface area contributed by atoms with E-state index < -0.39 is 16.0 Å². The van der Waals surface area contributed by atoms with Crippen molar-refractivity contribution in [2.24, 2.45) is 7.05 Å². The zero-order valence-corrected chi connectivity index (χ0v) is 11.1. The van der Waals surface area contributed by atoms with Crippen molar-refractivity contribution in [1.29, 1.82) is 0 Å². The number of benzene rings is 1. The molecule has 106 valence electrons. The summed E-state index contributed by atoms with van der Waals surface area (Å²) in [5, 5.41) is 21.9. The molecule has 0 spiro atoms. The molecular formula is C11H11N3O5S. The Kier molecular flexibility index (Phi) is 3.36. The minimum atomic E-state index is -3.96. The number of phenolic OH excluding ortho intramolecular Hbond substituents is 1. The number of aryl methyl sites for hydroxylation is 1. The van der Waals surface area contributed by atoms with Crippen LogP contribution in [0.4, 0.5) is 5.69 Å². The Labute approximate surface area is 114 Å². The number of nitrogens with zero attached hydrogens (tertiary/aromatic N) is 2. The highest BCUT2D eigenvalue weighted by molar-refractivity contribution is 7.92. The fraction of sp³-hybridized carbons (Fsp3) is 0.0909. The number of hydrogen-bond acceptors (Lipinski definition) is 5. The number of sulfonamides is 1. The molecule has 8 nitrogen and oxygen atoms in total. The van der Waals surface area contributed by atoms with E-state index in [1.165, 1.54) is 31.4 Å². The van der Waals surface area contributed by atoms with Crippen LogP contribution < -0.4 is 4.72 Å². The van der Waals surface area contributed by atoms with Gasteiger partial charge in [-0.3, -0.25) is 9.40 Å². The van der Waals surface area contributed by atoms with Crippen LogP contribution in [0.5, 0.6) is 5.75 Å². The van der Waals surface area contributed by atoms with Crippen molar-refractivity contribution in [2.75, 3.05) is 4.72 Å². The summed E-state index contributed by atoms with van der Waals surface area (Å²) in [6.45, 7) is 0. The number of carboxylic acid groups (broad SMARTS) is 1. The van der Waals surface area contributed by atoms with Crippen LogP contribution in [0.1, 0.15) is 10.4 Å². The number of nitrogens with one attached hydrogen (secondary N) is 1. The third-order valence-corrected chi connectivity index (χ3v) is 3.97. The molecule has 1 heterocycles. The quantitative estimate of drug-likeness (QED) is 0.711. The van der Waals surface area contributed by atoms with E-state index in [0.29, 0.717) is 0 Å². The fourth-order valence-corrected chi connectivity index (χ4v) is 2.83. The summed E-state index contributed by atoms with van der Waals surface area (Å²) in [5.74, 6) is -1.63. The molecule has 0 aliphatic rings. The van der Waals surface area contributed by atoms with Gasteiger partial charge >= 0.3 is 5.97 Å². The summed E-state index contributed by atoms with van der Waals surface area (Å²) in [6.07, 6.45) is 1.31. The van der Waals surface area contributed by atoms with Crippen molar-refractivity contribution >= 4 is 21.7 Å². The van der Waals surface area contributed by atoms with Gasteiger partial charge in [0.15, 0.2) is 5.03 Å². The monoisotopic (exact) mass is 297 g/mol. The van der Waals surface area contributed by atoms with Crippen molar-refractivity contribution in [3.63, 3.8) is 0 Å². The molecule has 0 aliphatic heterocycles. The fourth-order valence-electron chi connectivity index (χ4n) is 1.62. The summed E-state index contributed by atoms with van der Waals surface area (Å²) in [7, 11) is -2.52. The Hall–Kier alpha value is -2.55. The number of rotatable bonds is 4. The van der Waals surface area contributed by atoms with Gasteiger partial charge in [0.05, 0.1) is 17.4 Å². The van der Waals surface area contributed by atoms with E-state index in [1.54, 1.807) is 0 Å². The molecule has 3 N–H and O–H groups in total. The van der Waals surface area contributed by atoms with Crippen LogP contribution in [0.15, 0.2) is 35.5 Å². The first-order valence-corrected chi connectivity index (χ1v) is 6.87. The average Bonchev–Trinajstić information content (AvgIpc) is 2.78. The summed E-state index contributed by atoms with van der Waals surface area (Å²) in [4.78, 5) is 11.0. The standard InChI is InChI=1S/C11H11N3O5S/c1-14-10(4-5-12-14)20(18,19)13-9-3-2-7(15)6-8(9)11(16)17/h2-6,13,15H,1H3,(H,16,17). The topological polar surface area (TPSA) is 122 Å². The predicted octanol–water partition coefficient (Wildman–Crippen LogP) is 0.625. The van der Waals surface area contributed by atoms with Crippen LogP contribution >= 0.6 is 0 Å². The highest BCUT2D eigenvalue weighted by atomic mass is 32.2. The highest BCUT2D eigenvalue weighted by Gasteiger charge is 2.21. The van der Waals surface area contributed by atoms with Gasteiger partial charge in [0.1, 0.15) is 5.75 Å². The number of phenols is 1. The molecule has 0 fully saturated rings. The SMILES string of the molecule is Cn1nccc1S(=O)(=O)Nc1ccc(O)cc1C(=O)O. The molecule has 0 radical (unpaired) electrons. The van der Waals surface area contributed by atoms with Gasteiger partial charge < -0.3 is 10.2 Å². The minimum Gasteiger partial charge on any atom is -0.508 e. The van der Waals surface area contributed by atoms with Crippen LogP contribution in [0.3, 0.4) is 0 Å². The lowest BCUT2D eigenvalue weighted by Crippen LogP contribution is -2.18. The second kappa shape index (κ2) is 4.85. The second-order valence-electron chi connectivity index (χ2n) is 3.93. The number of carbonyl (C=O) groups is 1. The molecule has 0 saturated carbocycles. The molecule has 0 saturated heterocycles. The zero-order chi connectivity index (χ0) is 14.9. The van der Waals surface area contributed by atoms with E-state index in [2.05, 4.69) is 9.82 Å². The van der Waals surface area contributed by atoms with E-state index in [0.717, 1.165) is 10.7 Å². The van der Waals surface area contributed by atoms with Crippen LogP contribution in [0.2, 0.25) is 0 Å². The van der Waals surface area contributed by atoms with Gasteiger partial charge in [-0.05, 0) is 24.3 Å². The number of aromatic hydroxyl groups is 1. The molecule has 1 aromatic heterocycles. The largest absolute Gasteiger partial charge is 0.508 e. The summed E-state index contributed by atoms with van der Waals surface area (Å²) >= 11 is 0. The van der Waals surface area contributed by atoms with Crippen LogP contribution in [-0.2, 0) is 17.1 Å². The Morgan fingerprint density at radius 1 is 1.35 bits per heavy atom. The molecule has 9 heteroatoms. The Morgan fingerprint density at radius 2 is 2.05 bits per heavy atom. The first kappa shape index (κ1) is 13.9. The van der Waals surface area contributed by atoms with E-state index in [9.17, 15) is 18.3 Å². The minimum absolute atomic E-state index is 0.109. The molecule has 1 aromatic carbocycles. The molecule has 0 aliphatic carbocycles. The van der Waals surface area contributed by atoms with E-state index in [1.807, 2.05) is 0 Å². The maximum atomic E-state index is 12.1. The molecule has 0 bridgehead atoms. The lowest BCUT2D eigenvalue weighted by Gasteiger charge is -2.10. The lowest BCUT2D eigenvalue weighted by molar-refractivity contribution is 0.0697. The number of anilines is 1. The number of aromatic carboxylic acids is 1. The zero-order valence-electron chi connectivity index (χ0n) is 10.3. The third-order valence-electron chi connectivity index (χ3n) is 2.53. The molecule has 2 aromatic rings. The van der Waals surface area contributed by atoms with Gasteiger partial charge in [0.25, 0.3) is 10.0 Å². The van der Waals surface area contributed by atoms with E-state index in [4.69, 9.17) is 5.11 Å². The van der Waals surface area contributed by atoms with Crippen molar-refractivity contribution in [3.8, 4) is 5.75 Å². The first-order chi connectivity index (χ1) is 9.31. The average molecular weight is 297 g/mol. The Balaban J connectivity index is 2.45. The number of carboxylic acids is 1.